The molecule has 1 heterocycles. The summed E-state index contributed by atoms with van der Waals surface area (Å²) < 4.78 is 2.01. The highest BCUT2D eigenvalue weighted by Crippen LogP contribution is 2.41. The maximum absolute atomic E-state index is 12.5. The molecule has 1 aromatic rings. The zero-order valence-corrected chi connectivity index (χ0v) is 13.4. The molecule has 2 fully saturated rings. The van der Waals surface area contributed by atoms with Crippen LogP contribution in [0.5, 0.6) is 0 Å². The first-order valence-corrected chi connectivity index (χ1v) is 8.71. The second-order valence-corrected chi connectivity index (χ2v) is 6.84. The number of aromatic nitrogens is 2. The molecule has 0 radical (unpaired) electrons. The van der Waals surface area contributed by atoms with Gasteiger partial charge in [0.2, 0.25) is 0 Å². The van der Waals surface area contributed by atoms with E-state index in [1.807, 2.05) is 4.68 Å². The van der Waals surface area contributed by atoms with Gasteiger partial charge in [0, 0.05) is 19.0 Å². The van der Waals surface area contributed by atoms with Gasteiger partial charge in [0.1, 0.15) is 0 Å². The fourth-order valence-electron chi connectivity index (χ4n) is 3.53. The molecular formula is C17H27N3O2. The minimum absolute atomic E-state index is 0.00400. The Labute approximate surface area is 132 Å². The Morgan fingerprint density at radius 1 is 1.41 bits per heavy atom. The normalized spacial score (nSPS) is 25.2. The lowest BCUT2D eigenvalue weighted by Crippen LogP contribution is -2.33. The van der Waals surface area contributed by atoms with Gasteiger partial charge in [0.15, 0.2) is 0 Å². The third-order valence-electron chi connectivity index (χ3n) is 4.83. The van der Waals surface area contributed by atoms with Crippen molar-refractivity contribution < 1.29 is 9.90 Å². The van der Waals surface area contributed by atoms with E-state index in [1.165, 1.54) is 12.8 Å². The summed E-state index contributed by atoms with van der Waals surface area (Å²) in [5.74, 6) is 0.929. The van der Waals surface area contributed by atoms with Crippen LogP contribution in [0.2, 0.25) is 0 Å². The van der Waals surface area contributed by atoms with Crippen molar-refractivity contribution in [2.75, 3.05) is 6.54 Å². The minimum Gasteiger partial charge on any atom is -0.393 e. The minimum atomic E-state index is -0.190. The molecule has 2 aliphatic rings. The number of nitrogens with zero attached hydrogens (tertiary/aromatic N) is 2. The van der Waals surface area contributed by atoms with Gasteiger partial charge in [-0.3, -0.25) is 9.48 Å². The van der Waals surface area contributed by atoms with Crippen molar-refractivity contribution in [2.24, 2.45) is 5.92 Å². The summed E-state index contributed by atoms with van der Waals surface area (Å²) in [5.41, 5.74) is 1.88. The van der Waals surface area contributed by atoms with Gasteiger partial charge in [-0.2, -0.15) is 5.10 Å². The Morgan fingerprint density at radius 2 is 2.23 bits per heavy atom. The predicted molar refractivity (Wildman–Crippen MR) is 84.8 cm³/mol. The molecule has 2 unspecified atom stereocenters. The number of aryl methyl sites for hydroxylation is 1. The van der Waals surface area contributed by atoms with Gasteiger partial charge in [-0.15, -0.1) is 0 Å². The average molecular weight is 305 g/mol. The molecule has 2 saturated carbocycles. The number of nitrogens with one attached hydrogen (secondary N) is 1. The molecule has 0 aromatic carbocycles. The van der Waals surface area contributed by atoms with Gasteiger partial charge in [0.05, 0.1) is 23.6 Å². The summed E-state index contributed by atoms with van der Waals surface area (Å²) in [5, 5.41) is 17.2. The predicted octanol–water partition coefficient (Wildman–Crippen LogP) is 2.45. The summed E-state index contributed by atoms with van der Waals surface area (Å²) in [4.78, 5) is 12.5. The smallest absolute Gasteiger partial charge is 0.254 e. The molecule has 0 spiro atoms. The van der Waals surface area contributed by atoms with E-state index in [0.29, 0.717) is 18.4 Å². The van der Waals surface area contributed by atoms with Crippen molar-refractivity contribution in [1.29, 1.82) is 0 Å². The average Bonchev–Trinajstić information content (AvgIpc) is 3.26. The lowest BCUT2D eigenvalue weighted by Gasteiger charge is -2.25. The van der Waals surface area contributed by atoms with Crippen molar-refractivity contribution in [2.45, 2.75) is 70.4 Å². The second kappa shape index (κ2) is 6.82. The Balaban J connectivity index is 1.62. The fourth-order valence-corrected chi connectivity index (χ4v) is 3.53. The molecule has 2 aliphatic carbocycles. The van der Waals surface area contributed by atoms with Gasteiger partial charge in [-0.25, -0.2) is 0 Å². The topological polar surface area (TPSA) is 67.2 Å². The molecule has 3 rings (SSSR count). The van der Waals surface area contributed by atoms with Crippen LogP contribution in [-0.2, 0) is 6.54 Å². The number of hydrogen-bond acceptors (Lipinski definition) is 3. The summed E-state index contributed by atoms with van der Waals surface area (Å²) in [6.45, 7) is 3.68. The van der Waals surface area contributed by atoms with Crippen LogP contribution in [0.3, 0.4) is 0 Å². The monoisotopic (exact) mass is 305 g/mol. The molecule has 22 heavy (non-hydrogen) atoms. The molecule has 122 valence electrons. The first kappa shape index (κ1) is 15.5. The van der Waals surface area contributed by atoms with E-state index < -0.39 is 0 Å². The highest BCUT2D eigenvalue weighted by molar-refractivity contribution is 5.95. The zero-order chi connectivity index (χ0) is 15.5. The number of carbonyl (C=O) groups is 1. The van der Waals surface area contributed by atoms with Crippen LogP contribution in [-0.4, -0.2) is 33.4 Å². The second-order valence-electron chi connectivity index (χ2n) is 6.84. The van der Waals surface area contributed by atoms with E-state index >= 15 is 0 Å². The maximum atomic E-state index is 12.5. The molecule has 0 aliphatic heterocycles. The van der Waals surface area contributed by atoms with Crippen LogP contribution < -0.4 is 5.32 Å². The van der Waals surface area contributed by atoms with Crippen LogP contribution in [0.15, 0.2) is 6.20 Å². The van der Waals surface area contributed by atoms with Crippen LogP contribution in [0, 0.1) is 5.92 Å². The molecular weight excluding hydrogens is 278 g/mol. The van der Waals surface area contributed by atoms with E-state index in [1.54, 1.807) is 6.20 Å². The van der Waals surface area contributed by atoms with Crippen LogP contribution in [0.4, 0.5) is 0 Å². The molecule has 2 atom stereocenters. The highest BCUT2D eigenvalue weighted by Gasteiger charge is 2.32. The fraction of sp³-hybridized carbons (Fsp3) is 0.765. The molecule has 0 saturated heterocycles. The molecule has 1 aromatic heterocycles. The number of carbonyl (C=O) groups excluding carboxylic acids is 1. The van der Waals surface area contributed by atoms with Gasteiger partial charge < -0.3 is 10.4 Å². The lowest BCUT2D eigenvalue weighted by atomic mass is 9.87. The van der Waals surface area contributed by atoms with E-state index in [4.69, 9.17) is 0 Å². The van der Waals surface area contributed by atoms with Gasteiger partial charge in [0.25, 0.3) is 5.91 Å². The van der Waals surface area contributed by atoms with Crippen molar-refractivity contribution in [3.63, 3.8) is 0 Å². The Kier molecular flexibility index (Phi) is 4.81. The van der Waals surface area contributed by atoms with Gasteiger partial charge in [-0.05, 0) is 44.4 Å². The summed E-state index contributed by atoms with van der Waals surface area (Å²) in [6, 6.07) is 0. The van der Waals surface area contributed by atoms with E-state index in [-0.39, 0.29) is 12.0 Å². The SMILES string of the molecule is CCCn1ncc(C(=O)NCC2CCCC(O)C2)c1C1CC1. The summed E-state index contributed by atoms with van der Waals surface area (Å²) in [6.07, 6.45) is 8.78. The number of aliphatic hydroxyl groups excluding tert-OH is 1. The Morgan fingerprint density at radius 3 is 2.91 bits per heavy atom. The number of hydrogen-bond donors (Lipinski definition) is 2. The standard InChI is InChI=1S/C17H27N3O2/c1-2-8-20-16(13-6-7-13)15(11-19-20)17(22)18-10-12-4-3-5-14(21)9-12/h11-14,21H,2-10H2,1H3,(H,18,22). The van der Waals surface area contributed by atoms with Crippen molar-refractivity contribution in [3.05, 3.63) is 17.5 Å². The van der Waals surface area contributed by atoms with E-state index in [2.05, 4.69) is 17.3 Å². The number of amides is 1. The summed E-state index contributed by atoms with van der Waals surface area (Å²) in [7, 11) is 0. The third kappa shape index (κ3) is 3.51. The molecule has 0 bridgehead atoms. The van der Waals surface area contributed by atoms with Crippen molar-refractivity contribution in [1.82, 2.24) is 15.1 Å². The van der Waals surface area contributed by atoms with Crippen LogP contribution in [0.1, 0.15) is 73.8 Å². The van der Waals surface area contributed by atoms with E-state index in [0.717, 1.165) is 49.9 Å². The summed E-state index contributed by atoms with van der Waals surface area (Å²) >= 11 is 0. The van der Waals surface area contributed by atoms with Crippen molar-refractivity contribution >= 4 is 5.91 Å². The largest absolute Gasteiger partial charge is 0.393 e. The van der Waals surface area contributed by atoms with Crippen LogP contribution >= 0.6 is 0 Å². The van der Waals surface area contributed by atoms with E-state index in [9.17, 15) is 9.90 Å². The lowest BCUT2D eigenvalue weighted by molar-refractivity contribution is 0.0873. The van der Waals surface area contributed by atoms with Crippen LogP contribution in [0.25, 0.3) is 0 Å². The molecule has 1 amide bonds. The first-order valence-electron chi connectivity index (χ1n) is 8.71. The third-order valence-corrected chi connectivity index (χ3v) is 4.83. The Bertz CT molecular complexity index is 522. The van der Waals surface area contributed by atoms with Crippen molar-refractivity contribution in [3.8, 4) is 0 Å². The Hall–Kier alpha value is -1.36. The molecule has 2 N–H and O–H groups in total. The number of rotatable bonds is 6. The molecule has 5 nitrogen and oxygen atoms in total. The van der Waals surface area contributed by atoms with Gasteiger partial charge in [-0.1, -0.05) is 13.3 Å². The maximum Gasteiger partial charge on any atom is 0.254 e. The first-order chi connectivity index (χ1) is 10.7. The molecule has 5 heteroatoms. The quantitative estimate of drug-likeness (QED) is 0.848. The van der Waals surface area contributed by atoms with Gasteiger partial charge >= 0.3 is 0 Å². The number of aliphatic hydroxyl groups is 1. The highest BCUT2D eigenvalue weighted by atomic mass is 16.3. The zero-order valence-electron chi connectivity index (χ0n) is 13.4.